The predicted molar refractivity (Wildman–Crippen MR) is 128 cm³/mol. The van der Waals surface area contributed by atoms with Crippen LogP contribution in [-0.2, 0) is 0 Å². The van der Waals surface area contributed by atoms with Crippen molar-refractivity contribution in [3.63, 3.8) is 0 Å². The van der Waals surface area contributed by atoms with Crippen molar-refractivity contribution in [3.8, 4) is 0 Å². The van der Waals surface area contributed by atoms with Gasteiger partial charge in [-0.15, -0.1) is 0 Å². The number of hydrogen-bond acceptors (Lipinski definition) is 1. The average Bonchev–Trinajstić information content (AvgIpc) is 3.33. The highest BCUT2D eigenvalue weighted by molar-refractivity contribution is 6.31. The molecule has 1 heterocycles. The molecule has 1 unspecified atom stereocenters. The summed E-state index contributed by atoms with van der Waals surface area (Å²) in [5.41, 5.74) is 3.81. The molecule has 1 atom stereocenters. The Morgan fingerprint density at radius 1 is 0.839 bits per heavy atom. The van der Waals surface area contributed by atoms with Gasteiger partial charge >= 0.3 is 6.03 Å². The monoisotopic (exact) mass is 450 g/mol. The lowest BCUT2D eigenvalue weighted by atomic mass is 9.82. The zero-order chi connectivity index (χ0) is 21.6. The minimum Gasteiger partial charge on any atom is -0.285 e. The van der Waals surface area contributed by atoms with Gasteiger partial charge in [0.15, 0.2) is 0 Å². The number of amides is 2. The van der Waals surface area contributed by atoms with E-state index in [1.165, 1.54) is 11.1 Å². The second kappa shape index (κ2) is 7.89. The molecule has 5 heteroatoms. The maximum atomic E-state index is 14.1. The number of benzene rings is 3. The summed E-state index contributed by atoms with van der Waals surface area (Å²) >= 11 is 12.3. The van der Waals surface area contributed by atoms with Gasteiger partial charge in [0.05, 0.1) is 11.6 Å². The van der Waals surface area contributed by atoms with Crippen molar-refractivity contribution in [1.29, 1.82) is 0 Å². The fraction of sp³-hybridized carbons (Fsp3) is 0.269. The topological polar surface area (TPSA) is 23.6 Å². The van der Waals surface area contributed by atoms with Gasteiger partial charge in [-0.1, -0.05) is 65.9 Å². The van der Waals surface area contributed by atoms with Crippen molar-refractivity contribution in [2.24, 2.45) is 0 Å². The van der Waals surface area contributed by atoms with E-state index in [0.29, 0.717) is 10.0 Å². The summed E-state index contributed by atoms with van der Waals surface area (Å²) in [5.74, 6) is 0. The normalized spacial score (nSPS) is 20.1. The van der Waals surface area contributed by atoms with Crippen LogP contribution in [0.15, 0.2) is 72.8 Å². The quantitative estimate of drug-likeness (QED) is 0.399. The molecule has 2 fully saturated rings. The number of carbonyl (C=O) groups excluding carboxylic acids is 1. The Hall–Kier alpha value is -2.49. The summed E-state index contributed by atoms with van der Waals surface area (Å²) in [6.07, 6.45) is 4.14. The van der Waals surface area contributed by atoms with Crippen LogP contribution in [0.4, 0.5) is 16.2 Å². The molecule has 1 aliphatic heterocycles. The third-order valence-electron chi connectivity index (χ3n) is 6.63. The third-order valence-corrected chi connectivity index (χ3v) is 7.13. The van der Waals surface area contributed by atoms with E-state index in [9.17, 15) is 4.79 Å². The molecule has 1 saturated carbocycles. The fourth-order valence-electron chi connectivity index (χ4n) is 5.37. The average molecular weight is 451 g/mol. The molecule has 5 rings (SSSR count). The predicted octanol–water partition coefficient (Wildman–Crippen LogP) is 7.80. The highest BCUT2D eigenvalue weighted by atomic mass is 35.5. The highest BCUT2D eigenvalue weighted by Gasteiger charge is 2.59. The Kier molecular flexibility index (Phi) is 5.19. The summed E-state index contributed by atoms with van der Waals surface area (Å²) in [4.78, 5) is 18.1. The minimum absolute atomic E-state index is 0.00180. The Morgan fingerprint density at radius 2 is 1.42 bits per heavy atom. The minimum atomic E-state index is -0.307. The number of anilines is 2. The largest absolute Gasteiger partial charge is 0.330 e. The maximum absolute atomic E-state index is 14.1. The molecule has 0 N–H and O–H groups in total. The van der Waals surface area contributed by atoms with Crippen LogP contribution in [-0.4, -0.2) is 11.6 Å². The van der Waals surface area contributed by atoms with E-state index in [1.807, 2.05) is 58.3 Å². The molecule has 1 saturated heterocycles. The van der Waals surface area contributed by atoms with Gasteiger partial charge in [-0.2, -0.15) is 0 Å². The van der Waals surface area contributed by atoms with E-state index in [-0.39, 0.29) is 17.6 Å². The Morgan fingerprint density at radius 3 is 2.00 bits per heavy atom. The first-order valence-electron chi connectivity index (χ1n) is 10.7. The lowest BCUT2D eigenvalue weighted by molar-refractivity contribution is 0.253. The summed E-state index contributed by atoms with van der Waals surface area (Å²) < 4.78 is 0. The van der Waals surface area contributed by atoms with Crippen molar-refractivity contribution in [3.05, 3.63) is 94.0 Å². The molecule has 3 aromatic rings. The number of urea groups is 1. The number of rotatable bonds is 3. The first kappa shape index (κ1) is 20.4. The summed E-state index contributed by atoms with van der Waals surface area (Å²) in [5, 5.41) is 1.33. The molecule has 0 bridgehead atoms. The van der Waals surface area contributed by atoms with Gasteiger partial charge in [0.25, 0.3) is 0 Å². The summed E-state index contributed by atoms with van der Waals surface area (Å²) in [7, 11) is 0. The molecule has 2 amide bonds. The molecule has 3 nitrogen and oxygen atoms in total. The van der Waals surface area contributed by atoms with E-state index in [2.05, 4.69) is 31.2 Å². The Balaban J connectivity index is 1.73. The van der Waals surface area contributed by atoms with E-state index in [1.54, 1.807) is 0 Å². The van der Waals surface area contributed by atoms with Crippen LogP contribution >= 0.6 is 23.2 Å². The highest BCUT2D eigenvalue weighted by Crippen LogP contribution is 2.55. The Labute approximate surface area is 193 Å². The lowest BCUT2D eigenvalue weighted by Crippen LogP contribution is -2.46. The molecule has 1 aliphatic carbocycles. The molecule has 2 aliphatic rings. The zero-order valence-corrected chi connectivity index (χ0v) is 18.9. The molecule has 3 aromatic carbocycles. The van der Waals surface area contributed by atoms with Crippen LogP contribution in [0, 0.1) is 6.92 Å². The number of hydrogen-bond donors (Lipinski definition) is 0. The Bertz CT molecular complexity index is 1110. The van der Waals surface area contributed by atoms with Crippen molar-refractivity contribution < 1.29 is 4.79 Å². The van der Waals surface area contributed by atoms with Crippen LogP contribution in [0.25, 0.3) is 0 Å². The molecule has 158 valence electrons. The van der Waals surface area contributed by atoms with Gasteiger partial charge in [0.2, 0.25) is 0 Å². The zero-order valence-electron chi connectivity index (χ0n) is 17.4. The second-order valence-corrected chi connectivity index (χ2v) is 9.44. The second-order valence-electron chi connectivity index (χ2n) is 8.57. The molecule has 0 aromatic heterocycles. The molecular formula is C26H24Cl2N2O. The van der Waals surface area contributed by atoms with Crippen LogP contribution in [0.3, 0.4) is 0 Å². The molecular weight excluding hydrogens is 427 g/mol. The van der Waals surface area contributed by atoms with Gasteiger partial charge in [0, 0.05) is 21.4 Å². The smallest absolute Gasteiger partial charge is 0.285 e. The standard InChI is InChI=1S/C26H24Cl2N2O/c1-18-5-4-6-19(17-18)24-26(15-2-3-16-26)30(23-13-9-21(28)10-14-23)25(31)29(24)22-11-7-20(27)8-12-22/h4-14,17,24H,2-3,15-16H2,1H3. The first-order valence-corrected chi connectivity index (χ1v) is 11.5. The van der Waals surface area contributed by atoms with Gasteiger partial charge < -0.3 is 0 Å². The first-order chi connectivity index (χ1) is 15.0. The summed E-state index contributed by atoms with van der Waals surface area (Å²) in [6.45, 7) is 2.10. The lowest BCUT2D eigenvalue weighted by Gasteiger charge is -2.39. The van der Waals surface area contributed by atoms with Crippen LogP contribution in [0.2, 0.25) is 10.0 Å². The van der Waals surface area contributed by atoms with Crippen LogP contribution < -0.4 is 9.80 Å². The van der Waals surface area contributed by atoms with Crippen LogP contribution in [0.5, 0.6) is 0 Å². The van der Waals surface area contributed by atoms with Crippen molar-refractivity contribution in [2.45, 2.75) is 44.2 Å². The van der Waals surface area contributed by atoms with Gasteiger partial charge in [-0.25, -0.2) is 4.79 Å². The number of aryl methyl sites for hydroxylation is 1. The van der Waals surface area contributed by atoms with Crippen molar-refractivity contribution in [1.82, 2.24) is 0 Å². The molecule has 0 radical (unpaired) electrons. The number of nitrogens with zero attached hydrogens (tertiary/aromatic N) is 2. The van der Waals surface area contributed by atoms with E-state index in [0.717, 1.165) is 37.1 Å². The van der Waals surface area contributed by atoms with Gasteiger partial charge in [-0.3, -0.25) is 9.80 Å². The van der Waals surface area contributed by atoms with Gasteiger partial charge in [-0.05, 0) is 73.9 Å². The SMILES string of the molecule is Cc1cccc(C2N(c3ccc(Cl)cc3)C(=O)N(c3ccc(Cl)cc3)C23CCCC3)c1. The molecule has 1 spiro atoms. The molecule has 31 heavy (non-hydrogen) atoms. The van der Waals surface area contributed by atoms with E-state index in [4.69, 9.17) is 23.2 Å². The number of carbonyl (C=O) groups is 1. The van der Waals surface area contributed by atoms with Gasteiger partial charge in [0.1, 0.15) is 0 Å². The number of halogens is 2. The summed E-state index contributed by atoms with van der Waals surface area (Å²) in [6, 6.07) is 23.7. The third kappa shape index (κ3) is 3.40. The van der Waals surface area contributed by atoms with Crippen LogP contribution in [0.1, 0.15) is 42.9 Å². The van der Waals surface area contributed by atoms with Crippen molar-refractivity contribution >= 4 is 40.6 Å². The van der Waals surface area contributed by atoms with Crippen molar-refractivity contribution in [2.75, 3.05) is 9.80 Å². The van der Waals surface area contributed by atoms with E-state index < -0.39 is 0 Å². The maximum Gasteiger partial charge on any atom is 0.330 e. The van der Waals surface area contributed by atoms with E-state index >= 15 is 0 Å². The fourth-order valence-corrected chi connectivity index (χ4v) is 5.63.